The van der Waals surface area contributed by atoms with Gasteiger partial charge in [0.2, 0.25) is 0 Å². The van der Waals surface area contributed by atoms with Gasteiger partial charge >= 0.3 is 0 Å². The van der Waals surface area contributed by atoms with Gasteiger partial charge in [-0.2, -0.15) is 4.89 Å². The highest BCUT2D eigenvalue weighted by molar-refractivity contribution is 7.43. The molecular weight excluding hydrogens is 395 g/mol. The van der Waals surface area contributed by atoms with Gasteiger partial charge in [0.1, 0.15) is 13.6 Å². The zero-order valence-electron chi connectivity index (χ0n) is 14.8. The van der Waals surface area contributed by atoms with Crippen LogP contribution in [0.15, 0.2) is 24.3 Å². The third-order valence-electron chi connectivity index (χ3n) is 6.86. The van der Waals surface area contributed by atoms with Gasteiger partial charge in [0.15, 0.2) is 5.60 Å². The Bertz CT molecular complexity index is 806. The van der Waals surface area contributed by atoms with Crippen molar-refractivity contribution in [2.24, 2.45) is 17.8 Å². The van der Waals surface area contributed by atoms with Crippen molar-refractivity contribution in [2.75, 3.05) is 7.11 Å². The highest BCUT2D eigenvalue weighted by atomic mass is 35.5. The average Bonchev–Trinajstić information content (AvgIpc) is 2.52. The zero-order valence-corrected chi connectivity index (χ0v) is 16.4. The number of halogens is 1. The van der Waals surface area contributed by atoms with Gasteiger partial charge in [-0.25, -0.2) is 4.89 Å². The molecular formula is C18H20ClO7P-2. The molecule has 5 aliphatic rings. The van der Waals surface area contributed by atoms with E-state index in [2.05, 4.69) is 4.52 Å². The lowest BCUT2D eigenvalue weighted by molar-refractivity contribution is -0.645. The van der Waals surface area contributed by atoms with Gasteiger partial charge < -0.3 is 23.6 Å². The molecule has 1 saturated heterocycles. The second-order valence-corrected chi connectivity index (χ2v) is 10.2. The van der Waals surface area contributed by atoms with Crippen molar-refractivity contribution in [3.63, 3.8) is 0 Å². The minimum Gasteiger partial charge on any atom is -0.780 e. The van der Waals surface area contributed by atoms with Crippen LogP contribution in [0.3, 0.4) is 0 Å². The van der Waals surface area contributed by atoms with E-state index >= 15 is 0 Å². The molecule has 27 heavy (non-hydrogen) atoms. The van der Waals surface area contributed by atoms with E-state index in [1.807, 2.05) is 0 Å². The summed E-state index contributed by atoms with van der Waals surface area (Å²) in [6, 6.07) is 6.25. The molecule has 0 amide bonds. The maximum Gasteiger partial charge on any atom is 0.260 e. The molecule has 5 fully saturated rings. The molecule has 1 aliphatic heterocycles. The first kappa shape index (κ1) is 18.4. The Labute approximate surface area is 162 Å². The largest absolute Gasteiger partial charge is 0.780 e. The Morgan fingerprint density at radius 2 is 1.89 bits per heavy atom. The fraction of sp³-hybridized carbons (Fsp3) is 0.667. The number of ether oxygens (including phenoxy) is 1. The summed E-state index contributed by atoms with van der Waals surface area (Å²) in [6.45, 7) is 0. The summed E-state index contributed by atoms with van der Waals surface area (Å²) >= 11 is 6.86. The first-order chi connectivity index (χ1) is 12.7. The van der Waals surface area contributed by atoms with Crippen LogP contribution in [0.1, 0.15) is 37.7 Å². The summed E-state index contributed by atoms with van der Waals surface area (Å²) in [5, 5.41) is 0. The number of hydrogen-bond donors (Lipinski definition) is 0. The SMILES string of the molecule is COC1(c2cccc(OP(=O)([O-])[O-])c2)OOC12C1CC3CC2CC(Cl)(C3)C1. The second kappa shape index (κ2) is 5.70. The van der Waals surface area contributed by atoms with Crippen molar-refractivity contribution in [3.05, 3.63) is 29.8 Å². The normalized spacial score (nSPS) is 45.1. The number of alkyl halides is 1. The van der Waals surface area contributed by atoms with Crippen molar-refractivity contribution in [1.82, 2.24) is 0 Å². The van der Waals surface area contributed by atoms with E-state index in [1.165, 1.54) is 12.1 Å². The smallest absolute Gasteiger partial charge is 0.260 e. The number of phosphoric ester groups is 1. The van der Waals surface area contributed by atoms with Crippen molar-refractivity contribution < 1.29 is 33.4 Å². The van der Waals surface area contributed by atoms with Crippen LogP contribution >= 0.6 is 19.4 Å². The van der Waals surface area contributed by atoms with Crippen LogP contribution in [0.4, 0.5) is 0 Å². The van der Waals surface area contributed by atoms with Gasteiger partial charge in [0.05, 0.1) is 0 Å². The zero-order chi connectivity index (χ0) is 19.1. The Morgan fingerprint density at radius 3 is 2.41 bits per heavy atom. The second-order valence-electron chi connectivity index (χ2n) is 8.34. The van der Waals surface area contributed by atoms with E-state index in [4.69, 9.17) is 26.1 Å². The topological polar surface area (TPSA) is 100 Å². The van der Waals surface area contributed by atoms with Crippen molar-refractivity contribution in [1.29, 1.82) is 0 Å². The molecule has 4 bridgehead atoms. The van der Waals surface area contributed by atoms with Crippen LogP contribution in [0.2, 0.25) is 0 Å². The summed E-state index contributed by atoms with van der Waals surface area (Å²) < 4.78 is 21.4. The van der Waals surface area contributed by atoms with Gasteiger partial charge in [-0.1, -0.05) is 12.1 Å². The molecule has 0 N–H and O–H groups in total. The molecule has 0 radical (unpaired) electrons. The van der Waals surface area contributed by atoms with Gasteiger partial charge in [-0.3, -0.25) is 0 Å². The summed E-state index contributed by atoms with van der Waals surface area (Å²) in [7, 11) is -3.61. The quantitative estimate of drug-likeness (QED) is 0.423. The maximum absolute atomic E-state index is 11.0. The van der Waals surface area contributed by atoms with Gasteiger partial charge in [-0.15, -0.1) is 11.6 Å². The Kier molecular flexibility index (Phi) is 3.88. The van der Waals surface area contributed by atoms with Gasteiger partial charge in [0, 0.05) is 17.5 Å². The van der Waals surface area contributed by atoms with Crippen LogP contribution in [0, 0.1) is 17.8 Å². The van der Waals surface area contributed by atoms with Crippen molar-refractivity contribution >= 4 is 19.4 Å². The highest BCUT2D eigenvalue weighted by Crippen LogP contribution is 2.71. The predicted octanol–water partition coefficient (Wildman–Crippen LogP) is 2.21. The molecule has 1 aromatic carbocycles. The molecule has 148 valence electrons. The lowest BCUT2D eigenvalue weighted by Gasteiger charge is -2.70. The minimum absolute atomic E-state index is 0.0689. The number of benzene rings is 1. The molecule has 3 atom stereocenters. The lowest BCUT2D eigenvalue weighted by atomic mass is 9.46. The van der Waals surface area contributed by atoms with Crippen molar-refractivity contribution in [3.8, 4) is 5.75 Å². The molecule has 6 rings (SSSR count). The van der Waals surface area contributed by atoms with Crippen LogP contribution in [0.25, 0.3) is 0 Å². The Hall–Kier alpha value is -0.660. The van der Waals surface area contributed by atoms with E-state index in [0.717, 1.165) is 32.1 Å². The number of methoxy groups -OCH3 is 1. The fourth-order valence-corrected chi connectivity index (χ4v) is 7.19. The van der Waals surface area contributed by atoms with Crippen molar-refractivity contribution in [2.45, 2.75) is 48.4 Å². The average molecular weight is 415 g/mol. The summed E-state index contributed by atoms with van der Waals surface area (Å²) in [6.07, 6.45) is 4.73. The fourth-order valence-electron chi connectivity index (χ4n) is 6.23. The van der Waals surface area contributed by atoms with Crippen LogP contribution in [-0.4, -0.2) is 17.6 Å². The molecule has 9 heteroatoms. The molecule has 1 spiro atoms. The summed E-state index contributed by atoms with van der Waals surface area (Å²) in [5.41, 5.74) is -0.104. The number of rotatable bonds is 4. The molecule has 1 aromatic rings. The maximum atomic E-state index is 11.0. The van der Waals surface area contributed by atoms with Gasteiger partial charge in [-0.05, 0) is 62.0 Å². The lowest BCUT2D eigenvalue weighted by Crippen LogP contribution is -2.78. The summed E-state index contributed by atoms with van der Waals surface area (Å²) in [5.74, 6) is -0.293. The third-order valence-corrected chi connectivity index (χ3v) is 7.76. The third kappa shape index (κ3) is 2.50. The van der Waals surface area contributed by atoms with Gasteiger partial charge in [0.25, 0.3) is 5.79 Å². The minimum atomic E-state index is -5.16. The first-order valence-corrected chi connectivity index (χ1v) is 11.0. The van der Waals surface area contributed by atoms with E-state index in [9.17, 15) is 14.4 Å². The van der Waals surface area contributed by atoms with E-state index < -0.39 is 19.2 Å². The van der Waals surface area contributed by atoms with Crippen LogP contribution in [-0.2, 0) is 24.9 Å². The molecule has 0 aromatic heterocycles. The van der Waals surface area contributed by atoms with E-state index in [1.54, 1.807) is 19.2 Å². The Morgan fingerprint density at radius 1 is 1.19 bits per heavy atom. The predicted molar refractivity (Wildman–Crippen MR) is 90.4 cm³/mol. The van der Waals surface area contributed by atoms with E-state index in [0.29, 0.717) is 11.5 Å². The molecule has 4 aliphatic carbocycles. The molecule has 3 unspecified atom stereocenters. The standard InChI is InChI=1S/C18H22ClO7P/c1-23-18(12-3-2-4-15(7-12)24-27(20,21)22)17(25-26-18)13-5-11-6-14(17)10-16(19,8-11)9-13/h2-4,7,11,13-14H,5-6,8-10H2,1H3,(H2,20,21,22)/p-2. The van der Waals surface area contributed by atoms with Crippen LogP contribution in [0.5, 0.6) is 5.75 Å². The van der Waals surface area contributed by atoms with E-state index in [-0.39, 0.29) is 22.5 Å². The highest BCUT2D eigenvalue weighted by Gasteiger charge is 2.78. The number of hydrogen-bond acceptors (Lipinski definition) is 7. The Balaban J connectivity index is 1.56. The molecule has 7 nitrogen and oxygen atoms in total. The first-order valence-electron chi connectivity index (χ1n) is 9.13. The van der Waals surface area contributed by atoms with Crippen LogP contribution < -0.4 is 14.3 Å². The summed E-state index contributed by atoms with van der Waals surface area (Å²) in [4.78, 5) is 33.3. The molecule has 4 saturated carbocycles. The molecule has 1 heterocycles. The monoisotopic (exact) mass is 414 g/mol. The number of phosphoric acid groups is 1.